The number of rotatable bonds is 6. The van der Waals surface area contributed by atoms with Gasteiger partial charge in [0.05, 0.1) is 0 Å². The van der Waals surface area contributed by atoms with Gasteiger partial charge in [-0.2, -0.15) is 0 Å². The van der Waals surface area contributed by atoms with Gasteiger partial charge in [0.1, 0.15) is 11.5 Å². The summed E-state index contributed by atoms with van der Waals surface area (Å²) in [6.07, 6.45) is 12.8. The van der Waals surface area contributed by atoms with Crippen molar-refractivity contribution in [3.63, 3.8) is 0 Å². The average Bonchev–Trinajstić information content (AvgIpc) is 2.48. The number of carbonyl (C=O) groups excluding carboxylic acids is 2. The molecule has 0 aromatic heterocycles. The molecule has 4 heteroatoms. The second kappa shape index (κ2) is 9.94. The lowest BCUT2D eigenvalue weighted by atomic mass is 10.3. The molecular weight excluding hydrogens is 280 g/mol. The van der Waals surface area contributed by atoms with Gasteiger partial charge in [0.25, 0.3) is 0 Å². The first-order valence-electron chi connectivity index (χ1n) is 6.78. The van der Waals surface area contributed by atoms with E-state index in [0.717, 1.165) is 0 Å². The fourth-order valence-electron chi connectivity index (χ4n) is 1.39. The van der Waals surface area contributed by atoms with Crippen LogP contribution in [-0.4, -0.2) is 11.9 Å². The fraction of sp³-hybridized carbons (Fsp3) is 0.111. The van der Waals surface area contributed by atoms with E-state index in [1.54, 1.807) is 54.7 Å². The Morgan fingerprint density at radius 3 is 1.68 bits per heavy atom. The van der Waals surface area contributed by atoms with Gasteiger partial charge in [0, 0.05) is 18.2 Å². The minimum Gasteiger partial charge on any atom is -0.423 e. The van der Waals surface area contributed by atoms with Crippen molar-refractivity contribution in [3.05, 3.63) is 72.9 Å². The highest BCUT2D eigenvalue weighted by Gasteiger charge is 2.04. The van der Waals surface area contributed by atoms with Crippen molar-refractivity contribution in [2.24, 2.45) is 0 Å². The van der Waals surface area contributed by atoms with Gasteiger partial charge in [-0.15, -0.1) is 0 Å². The van der Waals surface area contributed by atoms with E-state index in [2.05, 4.69) is 0 Å². The first kappa shape index (κ1) is 17.2. The van der Waals surface area contributed by atoms with E-state index in [9.17, 15) is 9.59 Å². The van der Waals surface area contributed by atoms with E-state index in [0.29, 0.717) is 11.5 Å². The molecule has 1 aromatic rings. The van der Waals surface area contributed by atoms with Crippen LogP contribution in [0.1, 0.15) is 13.8 Å². The van der Waals surface area contributed by atoms with Crippen molar-refractivity contribution >= 4 is 11.9 Å². The highest BCUT2D eigenvalue weighted by atomic mass is 16.5. The van der Waals surface area contributed by atoms with Crippen LogP contribution in [0.5, 0.6) is 11.5 Å². The summed E-state index contributed by atoms with van der Waals surface area (Å²) < 4.78 is 10.2. The maximum atomic E-state index is 11.5. The summed E-state index contributed by atoms with van der Waals surface area (Å²) in [5.74, 6) is -0.403. The number of hydrogen-bond donors (Lipinski definition) is 0. The normalized spacial score (nSPS) is 11.7. The van der Waals surface area contributed by atoms with Gasteiger partial charge >= 0.3 is 11.9 Å². The molecule has 0 fully saturated rings. The first-order valence-corrected chi connectivity index (χ1v) is 6.78. The molecule has 0 heterocycles. The van der Waals surface area contributed by atoms with Crippen LogP contribution in [0.4, 0.5) is 0 Å². The smallest absolute Gasteiger partial charge is 0.336 e. The van der Waals surface area contributed by atoms with Gasteiger partial charge in [-0.1, -0.05) is 42.5 Å². The molecule has 0 spiro atoms. The van der Waals surface area contributed by atoms with Gasteiger partial charge in [-0.05, 0) is 26.0 Å². The molecule has 0 aliphatic heterocycles. The molecule has 4 nitrogen and oxygen atoms in total. The van der Waals surface area contributed by atoms with Gasteiger partial charge in [-0.25, -0.2) is 9.59 Å². The van der Waals surface area contributed by atoms with Crippen LogP contribution in [0.2, 0.25) is 0 Å². The molecule has 0 aliphatic carbocycles. The van der Waals surface area contributed by atoms with Crippen LogP contribution in [-0.2, 0) is 9.59 Å². The summed E-state index contributed by atoms with van der Waals surface area (Å²) in [5, 5.41) is 0. The van der Waals surface area contributed by atoms with E-state index in [-0.39, 0.29) is 0 Å². The summed E-state index contributed by atoms with van der Waals surface area (Å²) >= 11 is 0. The van der Waals surface area contributed by atoms with Crippen molar-refractivity contribution in [2.45, 2.75) is 13.8 Å². The lowest BCUT2D eigenvalue weighted by Crippen LogP contribution is -2.06. The van der Waals surface area contributed by atoms with Crippen molar-refractivity contribution in [1.82, 2.24) is 0 Å². The molecule has 0 amide bonds. The second-order valence-corrected chi connectivity index (χ2v) is 4.09. The Hall–Kier alpha value is -2.88. The predicted octanol–water partition coefficient (Wildman–Crippen LogP) is 3.76. The molecule has 0 bridgehead atoms. The third kappa shape index (κ3) is 7.05. The van der Waals surface area contributed by atoms with Crippen molar-refractivity contribution < 1.29 is 19.1 Å². The molecule has 1 rings (SSSR count). The molecule has 0 N–H and O–H groups in total. The Bertz CT molecular complexity index is 570. The number of ether oxygens (including phenoxy) is 2. The first-order chi connectivity index (χ1) is 10.7. The van der Waals surface area contributed by atoms with Crippen molar-refractivity contribution in [3.8, 4) is 11.5 Å². The van der Waals surface area contributed by atoms with Crippen molar-refractivity contribution in [2.75, 3.05) is 0 Å². The molecule has 0 saturated carbocycles. The third-order valence-electron chi connectivity index (χ3n) is 2.31. The van der Waals surface area contributed by atoms with E-state index >= 15 is 0 Å². The molecule has 0 saturated heterocycles. The Balaban J connectivity index is 2.66. The van der Waals surface area contributed by atoms with Crippen LogP contribution >= 0.6 is 0 Å². The lowest BCUT2D eigenvalue weighted by Gasteiger charge is -2.04. The molecule has 0 aliphatic rings. The maximum absolute atomic E-state index is 11.5. The quantitative estimate of drug-likeness (QED) is 0.347. The monoisotopic (exact) mass is 298 g/mol. The van der Waals surface area contributed by atoms with Crippen LogP contribution < -0.4 is 9.47 Å². The Morgan fingerprint density at radius 1 is 0.818 bits per heavy atom. The maximum Gasteiger partial charge on any atom is 0.336 e. The number of esters is 2. The molecule has 0 atom stereocenters. The Labute approximate surface area is 130 Å². The summed E-state index contributed by atoms with van der Waals surface area (Å²) in [7, 11) is 0. The van der Waals surface area contributed by atoms with Crippen LogP contribution in [0.15, 0.2) is 72.9 Å². The molecule has 1 aromatic carbocycles. The SMILES string of the molecule is C/C=C/C=C/C(=O)Oc1cccc(OC(=O)/C=C/C=C/C)c1. The van der Waals surface area contributed by atoms with Gasteiger partial charge in [0.2, 0.25) is 0 Å². The minimum atomic E-state index is -0.505. The van der Waals surface area contributed by atoms with Crippen LogP contribution in [0.3, 0.4) is 0 Å². The summed E-state index contributed by atoms with van der Waals surface area (Å²) in [6.45, 7) is 3.69. The molecule has 0 radical (unpaired) electrons. The third-order valence-corrected chi connectivity index (χ3v) is 2.31. The summed E-state index contributed by atoms with van der Waals surface area (Å²) in [6, 6.07) is 6.32. The van der Waals surface area contributed by atoms with Crippen LogP contribution in [0, 0.1) is 0 Å². The Kier molecular flexibility index (Phi) is 7.76. The average molecular weight is 298 g/mol. The highest BCUT2D eigenvalue weighted by Crippen LogP contribution is 2.19. The Morgan fingerprint density at radius 2 is 1.27 bits per heavy atom. The van der Waals surface area contributed by atoms with Crippen LogP contribution in [0.25, 0.3) is 0 Å². The van der Waals surface area contributed by atoms with Gasteiger partial charge < -0.3 is 9.47 Å². The lowest BCUT2D eigenvalue weighted by molar-refractivity contribution is -0.129. The zero-order chi connectivity index (χ0) is 16.2. The van der Waals surface area contributed by atoms with Crippen molar-refractivity contribution in [1.29, 1.82) is 0 Å². The second-order valence-electron chi connectivity index (χ2n) is 4.09. The minimum absolute atomic E-state index is 0.304. The standard InChI is InChI=1S/C18H18O4/c1-3-5-7-12-17(19)21-15-10-9-11-16(14-15)22-18(20)13-8-6-4-2/h3-14H,1-2H3/b5-3+,6-4+,12-7+,13-8+. The highest BCUT2D eigenvalue weighted by molar-refractivity contribution is 5.85. The molecule has 114 valence electrons. The topological polar surface area (TPSA) is 52.6 Å². The van der Waals surface area contributed by atoms with E-state index < -0.39 is 11.9 Å². The molecular formula is C18H18O4. The number of hydrogen-bond acceptors (Lipinski definition) is 4. The zero-order valence-corrected chi connectivity index (χ0v) is 12.6. The zero-order valence-electron chi connectivity index (χ0n) is 12.6. The molecule has 0 unspecified atom stereocenters. The number of carbonyl (C=O) groups is 2. The number of allylic oxidation sites excluding steroid dienone is 6. The van der Waals surface area contributed by atoms with E-state index in [4.69, 9.17) is 9.47 Å². The predicted molar refractivity (Wildman–Crippen MR) is 85.6 cm³/mol. The summed E-state index contributed by atoms with van der Waals surface area (Å²) in [4.78, 5) is 23.1. The summed E-state index contributed by atoms with van der Waals surface area (Å²) in [5.41, 5.74) is 0. The molecule has 22 heavy (non-hydrogen) atoms. The largest absolute Gasteiger partial charge is 0.423 e. The fourth-order valence-corrected chi connectivity index (χ4v) is 1.39. The van der Waals surface area contributed by atoms with Gasteiger partial charge in [0.15, 0.2) is 0 Å². The number of benzene rings is 1. The van der Waals surface area contributed by atoms with E-state index in [1.165, 1.54) is 18.2 Å². The van der Waals surface area contributed by atoms with Gasteiger partial charge in [-0.3, -0.25) is 0 Å². The van der Waals surface area contributed by atoms with E-state index in [1.807, 2.05) is 13.8 Å².